The first-order valence-electron chi connectivity index (χ1n) is 6.83. The van der Waals surface area contributed by atoms with Crippen molar-refractivity contribution in [2.45, 2.75) is 59.3 Å². The van der Waals surface area contributed by atoms with Gasteiger partial charge in [0.05, 0.1) is 0 Å². The zero-order valence-corrected chi connectivity index (χ0v) is 12.8. The summed E-state index contributed by atoms with van der Waals surface area (Å²) >= 11 is -2.98. The Kier molecular flexibility index (Phi) is 2.42. The Morgan fingerprint density at radius 3 is 2.29 bits per heavy atom. The van der Waals surface area contributed by atoms with Crippen LogP contribution in [-0.2, 0) is 3.83 Å². The van der Waals surface area contributed by atoms with Gasteiger partial charge in [-0.1, -0.05) is 0 Å². The fourth-order valence-corrected chi connectivity index (χ4v) is 8.47. The fraction of sp³-hybridized carbons (Fsp3) is 0.929. The zero-order chi connectivity index (χ0) is 12.5. The van der Waals surface area contributed by atoms with Crippen LogP contribution >= 0.6 is 0 Å². The van der Waals surface area contributed by atoms with Crippen LogP contribution in [0.15, 0.2) is 0 Å². The first-order chi connectivity index (χ1) is 7.86. The third kappa shape index (κ3) is 1.19. The van der Waals surface area contributed by atoms with E-state index in [9.17, 15) is 8.02 Å². The minimum absolute atomic E-state index is 0.0316. The van der Waals surface area contributed by atoms with Crippen LogP contribution in [0.1, 0.15) is 59.3 Å². The minimum atomic E-state index is -2.98. The molecule has 0 heterocycles. The van der Waals surface area contributed by atoms with Gasteiger partial charge in [0, 0.05) is 0 Å². The Morgan fingerprint density at radius 1 is 1.18 bits per heavy atom. The van der Waals surface area contributed by atoms with E-state index in [4.69, 9.17) is 0 Å². The summed E-state index contributed by atoms with van der Waals surface area (Å²) in [5.41, 5.74) is 0.240. The third-order valence-corrected chi connectivity index (χ3v) is 9.01. The fourth-order valence-electron chi connectivity index (χ4n) is 5.51. The van der Waals surface area contributed by atoms with Crippen LogP contribution in [0.2, 0.25) is 0 Å². The summed E-state index contributed by atoms with van der Waals surface area (Å²) in [6.07, 6.45) is 7.06. The van der Waals surface area contributed by atoms with Crippen molar-refractivity contribution in [1.29, 1.82) is 0 Å². The van der Waals surface area contributed by atoms with Crippen LogP contribution < -0.4 is 4.19 Å². The van der Waals surface area contributed by atoms with Gasteiger partial charge in [-0.15, -0.1) is 0 Å². The number of hydrogen-bond donors (Lipinski definition) is 0. The average molecular weight is 301 g/mol. The second-order valence-electron chi connectivity index (χ2n) is 7.07. The molecule has 3 saturated carbocycles. The molecule has 3 rings (SSSR count). The molecule has 0 radical (unpaired) electrons. The predicted octanol–water partition coefficient (Wildman–Crippen LogP) is 2.40. The quantitative estimate of drug-likeness (QED) is 0.551. The summed E-state index contributed by atoms with van der Waals surface area (Å²) in [5, 5.41) is 0. The molecule has 96 valence electrons. The Bertz CT molecular complexity index is 370. The predicted molar refractivity (Wildman–Crippen MR) is 65.2 cm³/mol. The molecule has 0 aromatic heterocycles. The van der Waals surface area contributed by atoms with Crippen LogP contribution in [0.4, 0.5) is 0 Å². The number of rotatable bonds is 1. The van der Waals surface area contributed by atoms with E-state index in [1.807, 2.05) is 0 Å². The molecule has 0 amide bonds. The molecule has 0 N–H and O–H groups in total. The molecule has 0 aromatic carbocycles. The summed E-state index contributed by atoms with van der Waals surface area (Å²) in [7, 11) is 0. The molecular formula is C14H22O2Se. The van der Waals surface area contributed by atoms with E-state index in [1.54, 1.807) is 0 Å². The second kappa shape index (κ2) is 3.37. The summed E-state index contributed by atoms with van der Waals surface area (Å²) in [5.74, 6) is 0.617. The van der Waals surface area contributed by atoms with Gasteiger partial charge in [-0.05, 0) is 0 Å². The topological polar surface area (TPSA) is 40.1 Å². The number of fused-ring (bicyclic) bond motifs is 3. The summed E-state index contributed by atoms with van der Waals surface area (Å²) < 4.78 is 23.8. The summed E-state index contributed by atoms with van der Waals surface area (Å²) in [6, 6.07) is 0. The van der Waals surface area contributed by atoms with Crippen molar-refractivity contribution >= 4 is 14.2 Å². The van der Waals surface area contributed by atoms with E-state index in [1.165, 1.54) is 19.3 Å². The molecule has 3 aliphatic carbocycles. The standard InChI is InChI=1S/C14H22O2Se/c1-12(2)10-6-9-13(12,3)11(17(15)16)14(10)7-4-5-8-14/h10H,4-9H2,1-3H3. The Balaban J connectivity index is 2.15. The molecule has 0 saturated heterocycles. The first kappa shape index (κ1) is 12.2. The molecule has 3 aliphatic rings. The van der Waals surface area contributed by atoms with Crippen LogP contribution in [-0.4, -0.2) is 14.2 Å². The van der Waals surface area contributed by atoms with E-state index in [-0.39, 0.29) is 16.2 Å². The second-order valence-corrected chi connectivity index (χ2v) is 8.91. The van der Waals surface area contributed by atoms with Gasteiger partial charge in [0.1, 0.15) is 0 Å². The molecule has 0 aromatic rings. The maximum absolute atomic E-state index is 11.9. The van der Waals surface area contributed by atoms with Crippen molar-refractivity contribution in [2.24, 2.45) is 22.2 Å². The van der Waals surface area contributed by atoms with E-state index < -0.39 is 14.2 Å². The van der Waals surface area contributed by atoms with Gasteiger partial charge >= 0.3 is 108 Å². The first-order valence-corrected chi connectivity index (χ1v) is 9.09. The van der Waals surface area contributed by atoms with Crippen LogP contribution in [0, 0.1) is 27.0 Å². The van der Waals surface area contributed by atoms with Gasteiger partial charge in [0.15, 0.2) is 0 Å². The van der Waals surface area contributed by atoms with Gasteiger partial charge in [0.2, 0.25) is 0 Å². The Labute approximate surface area is 109 Å². The average Bonchev–Trinajstić information content (AvgIpc) is 2.77. The van der Waals surface area contributed by atoms with Gasteiger partial charge in [-0.2, -0.15) is 0 Å². The van der Waals surface area contributed by atoms with Crippen molar-refractivity contribution in [2.75, 3.05) is 0 Å². The SMILES string of the molecule is CC12CCC(C3(CCCC3)[C+]1[Se](=O)[O-])C2(C)C. The van der Waals surface area contributed by atoms with Crippen molar-refractivity contribution in [1.82, 2.24) is 0 Å². The Hall–Kier alpha value is 0.149. The monoisotopic (exact) mass is 302 g/mol. The van der Waals surface area contributed by atoms with Crippen molar-refractivity contribution in [3.8, 4) is 0 Å². The van der Waals surface area contributed by atoms with Gasteiger partial charge in [-0.25, -0.2) is 0 Å². The Morgan fingerprint density at radius 2 is 1.76 bits per heavy atom. The van der Waals surface area contributed by atoms with E-state index in [0.29, 0.717) is 5.92 Å². The van der Waals surface area contributed by atoms with Crippen LogP contribution in [0.25, 0.3) is 0 Å². The maximum atomic E-state index is 11.9. The van der Waals surface area contributed by atoms with E-state index >= 15 is 0 Å². The molecule has 1 spiro atoms. The summed E-state index contributed by atoms with van der Waals surface area (Å²) in [4.78, 5) is 0.990. The van der Waals surface area contributed by atoms with E-state index in [0.717, 1.165) is 24.1 Å². The molecule has 3 atom stereocenters. The van der Waals surface area contributed by atoms with Crippen molar-refractivity contribution in [3.05, 3.63) is 4.82 Å². The molecule has 3 fully saturated rings. The normalized spacial score (nSPS) is 43.5. The van der Waals surface area contributed by atoms with Gasteiger partial charge in [0.25, 0.3) is 0 Å². The third-order valence-electron chi connectivity index (χ3n) is 6.51. The molecule has 2 nitrogen and oxygen atoms in total. The van der Waals surface area contributed by atoms with Gasteiger partial charge < -0.3 is 0 Å². The van der Waals surface area contributed by atoms with Gasteiger partial charge in [-0.3, -0.25) is 0 Å². The molecule has 3 heteroatoms. The van der Waals surface area contributed by atoms with Crippen molar-refractivity contribution in [3.63, 3.8) is 0 Å². The molecule has 17 heavy (non-hydrogen) atoms. The molecule has 2 bridgehead atoms. The number of hydrogen-bond acceptors (Lipinski definition) is 2. The molecular weight excluding hydrogens is 279 g/mol. The van der Waals surface area contributed by atoms with Crippen LogP contribution in [0.3, 0.4) is 0 Å². The van der Waals surface area contributed by atoms with E-state index in [2.05, 4.69) is 20.8 Å². The zero-order valence-electron chi connectivity index (χ0n) is 11.0. The summed E-state index contributed by atoms with van der Waals surface area (Å²) in [6.45, 7) is 6.85. The van der Waals surface area contributed by atoms with Crippen LogP contribution in [0.5, 0.6) is 0 Å². The molecule has 3 unspecified atom stereocenters. The van der Waals surface area contributed by atoms with Crippen molar-refractivity contribution < 1.29 is 8.02 Å². The molecule has 0 aliphatic heterocycles.